The fraction of sp³-hybridized carbons (Fsp3) is 0.895. The van der Waals surface area contributed by atoms with Crippen LogP contribution in [0.25, 0.3) is 0 Å². The highest BCUT2D eigenvalue weighted by molar-refractivity contribution is 5.84. The zero-order chi connectivity index (χ0) is 18.3. The number of nitrogens with one attached hydrogen (secondary N) is 1. The summed E-state index contributed by atoms with van der Waals surface area (Å²) in [6, 6.07) is 0.518. The van der Waals surface area contributed by atoms with Crippen LogP contribution in [0.2, 0.25) is 0 Å². The predicted molar refractivity (Wildman–Crippen MR) is 99.2 cm³/mol. The molecule has 7 nitrogen and oxygen atoms in total. The average molecular weight is 364 g/mol. The van der Waals surface area contributed by atoms with Crippen LogP contribution >= 0.6 is 0 Å². The first kappa shape index (κ1) is 18.2. The lowest BCUT2D eigenvalue weighted by Gasteiger charge is -2.51. The number of hydrogen-bond acceptors (Lipinski definition) is 5. The van der Waals surface area contributed by atoms with Crippen molar-refractivity contribution >= 4 is 11.8 Å². The minimum atomic E-state index is 0.000134. The zero-order valence-electron chi connectivity index (χ0n) is 16.2. The van der Waals surface area contributed by atoms with Crippen molar-refractivity contribution in [1.29, 1.82) is 0 Å². The molecule has 1 aliphatic carbocycles. The predicted octanol–water partition coefficient (Wildman–Crippen LogP) is 0.129. The first-order valence-corrected chi connectivity index (χ1v) is 10.4. The summed E-state index contributed by atoms with van der Waals surface area (Å²) in [4.78, 5) is 32.2. The second kappa shape index (κ2) is 7.44. The Morgan fingerprint density at radius 3 is 2.62 bits per heavy atom. The van der Waals surface area contributed by atoms with Gasteiger partial charge in [0.15, 0.2) is 0 Å². The minimum absolute atomic E-state index is 0.000134. The van der Waals surface area contributed by atoms with Gasteiger partial charge < -0.3 is 9.80 Å². The van der Waals surface area contributed by atoms with Gasteiger partial charge in [-0.15, -0.1) is 0 Å². The number of nitrogens with zero attached hydrogens (tertiary/aromatic N) is 4. The molecule has 3 heterocycles. The Kier molecular flexibility index (Phi) is 5.21. The molecule has 2 amide bonds. The Hall–Kier alpha value is -1.18. The van der Waals surface area contributed by atoms with E-state index in [9.17, 15) is 9.59 Å². The van der Waals surface area contributed by atoms with Crippen LogP contribution in [0, 0.1) is 5.92 Å². The second-order valence-corrected chi connectivity index (χ2v) is 8.38. The van der Waals surface area contributed by atoms with Crippen LogP contribution in [0.5, 0.6) is 0 Å². The van der Waals surface area contributed by atoms with Crippen LogP contribution in [-0.2, 0) is 9.59 Å². The van der Waals surface area contributed by atoms with Gasteiger partial charge in [-0.25, -0.2) is 5.01 Å². The zero-order valence-corrected chi connectivity index (χ0v) is 16.2. The van der Waals surface area contributed by atoms with E-state index in [1.165, 1.54) is 6.42 Å². The summed E-state index contributed by atoms with van der Waals surface area (Å²) < 4.78 is 0. The highest BCUT2D eigenvalue weighted by Crippen LogP contribution is 2.37. The van der Waals surface area contributed by atoms with Gasteiger partial charge in [0, 0.05) is 57.8 Å². The first-order chi connectivity index (χ1) is 12.6. The van der Waals surface area contributed by atoms with Crippen LogP contribution in [0.15, 0.2) is 0 Å². The molecule has 0 radical (unpaired) electrons. The molecule has 4 fully saturated rings. The lowest BCUT2D eigenvalue weighted by atomic mass is 9.78. The van der Waals surface area contributed by atoms with Crippen LogP contribution in [0.4, 0.5) is 0 Å². The van der Waals surface area contributed by atoms with E-state index in [0.29, 0.717) is 11.9 Å². The van der Waals surface area contributed by atoms with Crippen molar-refractivity contribution in [2.24, 2.45) is 5.92 Å². The summed E-state index contributed by atoms with van der Waals surface area (Å²) in [5.41, 5.74) is 3.42. The molecule has 3 aliphatic heterocycles. The van der Waals surface area contributed by atoms with Crippen LogP contribution in [0.3, 0.4) is 0 Å². The monoisotopic (exact) mass is 363 g/mol. The number of amides is 2. The molecule has 1 saturated carbocycles. The summed E-state index contributed by atoms with van der Waals surface area (Å²) in [7, 11) is 1.94. The molecule has 0 spiro atoms. The van der Waals surface area contributed by atoms with Gasteiger partial charge >= 0.3 is 0 Å². The Morgan fingerprint density at radius 2 is 1.88 bits per heavy atom. The van der Waals surface area contributed by atoms with E-state index in [2.05, 4.69) is 27.2 Å². The maximum atomic E-state index is 13.1. The van der Waals surface area contributed by atoms with E-state index >= 15 is 0 Å². The van der Waals surface area contributed by atoms with Crippen molar-refractivity contribution in [2.45, 2.75) is 57.2 Å². The Morgan fingerprint density at radius 1 is 1.12 bits per heavy atom. The number of rotatable bonds is 3. The van der Waals surface area contributed by atoms with Gasteiger partial charge in [-0.3, -0.25) is 19.9 Å². The third-order valence-electron chi connectivity index (χ3n) is 6.89. The lowest BCUT2D eigenvalue weighted by molar-refractivity contribution is -0.155. The normalized spacial score (nSPS) is 36.2. The van der Waals surface area contributed by atoms with E-state index in [4.69, 9.17) is 0 Å². The Bertz CT molecular complexity index is 548. The quantitative estimate of drug-likeness (QED) is 0.772. The fourth-order valence-electron chi connectivity index (χ4n) is 5.43. The summed E-state index contributed by atoms with van der Waals surface area (Å²) in [5.74, 6) is 0.609. The molecule has 3 saturated heterocycles. The molecule has 4 atom stereocenters. The van der Waals surface area contributed by atoms with Crippen molar-refractivity contribution in [3.05, 3.63) is 0 Å². The summed E-state index contributed by atoms with van der Waals surface area (Å²) >= 11 is 0. The highest BCUT2D eigenvalue weighted by atomic mass is 16.2. The number of piperazine rings is 2. The number of hydrazine groups is 1. The molecule has 0 aromatic rings. The van der Waals surface area contributed by atoms with Gasteiger partial charge in [0.05, 0.1) is 0 Å². The van der Waals surface area contributed by atoms with Gasteiger partial charge in [0.25, 0.3) is 0 Å². The molecule has 7 heteroatoms. The smallest absolute Gasteiger partial charge is 0.241 e. The molecule has 0 aromatic carbocycles. The number of carbonyl (C=O) groups is 2. The number of fused-ring (bicyclic) bond motifs is 3. The third-order valence-corrected chi connectivity index (χ3v) is 6.89. The van der Waals surface area contributed by atoms with Crippen molar-refractivity contribution in [3.63, 3.8) is 0 Å². The third kappa shape index (κ3) is 3.14. The fourth-order valence-corrected chi connectivity index (χ4v) is 5.43. The van der Waals surface area contributed by atoms with E-state index in [1.54, 1.807) is 0 Å². The van der Waals surface area contributed by atoms with Crippen molar-refractivity contribution in [2.75, 3.05) is 46.3 Å². The largest absolute Gasteiger partial charge is 0.340 e. The standard InChI is InChI=1S/C19H33N5O2/c1-3-8-22-9-11-23(12-10-22)18(25)14-4-5-15-17(13-14)21(2)19(26)16-6-7-20-24(15)16/h14-17,20H,3-13H2,1-2H3. The van der Waals surface area contributed by atoms with Crippen LogP contribution in [-0.4, -0.2) is 96.0 Å². The van der Waals surface area contributed by atoms with Gasteiger partial charge in [-0.05, 0) is 38.6 Å². The summed E-state index contributed by atoms with van der Waals surface area (Å²) in [6.45, 7) is 7.93. The molecule has 0 bridgehead atoms. The summed E-state index contributed by atoms with van der Waals surface area (Å²) in [5, 5.41) is 2.21. The number of carbonyl (C=O) groups excluding carboxylic acids is 2. The van der Waals surface area contributed by atoms with Gasteiger partial charge in [-0.1, -0.05) is 6.92 Å². The molecule has 1 N–H and O–H groups in total. The number of hydrogen-bond donors (Lipinski definition) is 1. The van der Waals surface area contributed by atoms with Gasteiger partial charge in [0.1, 0.15) is 6.04 Å². The Balaban J connectivity index is 1.38. The van der Waals surface area contributed by atoms with Crippen molar-refractivity contribution in [1.82, 2.24) is 25.1 Å². The molecule has 146 valence electrons. The van der Waals surface area contributed by atoms with Crippen LogP contribution in [0.1, 0.15) is 39.0 Å². The lowest BCUT2D eigenvalue weighted by Crippen LogP contribution is -2.67. The van der Waals surface area contributed by atoms with E-state index in [0.717, 1.165) is 65.0 Å². The van der Waals surface area contributed by atoms with Gasteiger partial charge in [0.2, 0.25) is 11.8 Å². The molecule has 4 unspecified atom stereocenters. The molecule has 26 heavy (non-hydrogen) atoms. The van der Waals surface area contributed by atoms with Crippen molar-refractivity contribution in [3.8, 4) is 0 Å². The first-order valence-electron chi connectivity index (χ1n) is 10.4. The van der Waals surface area contributed by atoms with Gasteiger partial charge in [-0.2, -0.15) is 0 Å². The molecular weight excluding hydrogens is 330 g/mol. The molecule has 4 rings (SSSR count). The maximum absolute atomic E-state index is 13.1. The Labute approximate surface area is 156 Å². The van der Waals surface area contributed by atoms with Crippen LogP contribution < -0.4 is 5.43 Å². The molecule has 4 aliphatic rings. The second-order valence-electron chi connectivity index (χ2n) is 8.38. The van der Waals surface area contributed by atoms with Crippen molar-refractivity contribution < 1.29 is 9.59 Å². The highest BCUT2D eigenvalue weighted by Gasteiger charge is 2.50. The number of likely N-dealkylation sites (N-methyl/N-ethyl adjacent to an activating group) is 1. The van der Waals surface area contributed by atoms with E-state index < -0.39 is 0 Å². The van der Waals surface area contributed by atoms with E-state index in [-0.39, 0.29) is 23.9 Å². The SMILES string of the molecule is CCCN1CCN(C(=O)C2CCC3C(C2)N(C)C(=O)C2CCNN23)CC1. The minimum Gasteiger partial charge on any atom is -0.340 e. The molecule has 0 aromatic heterocycles. The molecular formula is C19H33N5O2. The summed E-state index contributed by atoms with van der Waals surface area (Å²) in [6.07, 6.45) is 4.83. The maximum Gasteiger partial charge on any atom is 0.241 e. The topological polar surface area (TPSA) is 59.1 Å². The van der Waals surface area contributed by atoms with E-state index in [1.807, 2.05) is 11.9 Å². The average Bonchev–Trinajstić information content (AvgIpc) is 3.16.